The molecule has 0 unspecified atom stereocenters. The van der Waals surface area contributed by atoms with Crippen molar-refractivity contribution in [1.29, 1.82) is 0 Å². The lowest BCUT2D eigenvalue weighted by molar-refractivity contribution is -0.00553. The SMILES string of the molecule is Cc1ncsc1C(=O)c1cc(CO[Si](c2ccccc2)(c2ccccc2)C(C)(C)C)c(N2C[C@@H](C)O[C@@H](C)C2)c(F)c1F. The number of thiazole rings is 1. The minimum absolute atomic E-state index is 0.0120. The van der Waals surface area contributed by atoms with Crippen LogP contribution >= 0.6 is 11.3 Å². The molecule has 1 aromatic heterocycles. The van der Waals surface area contributed by atoms with Crippen molar-refractivity contribution in [1.82, 2.24) is 4.98 Å². The normalized spacial score (nSPS) is 17.7. The van der Waals surface area contributed by atoms with Crippen molar-refractivity contribution in [2.45, 2.75) is 65.4 Å². The molecule has 226 valence electrons. The lowest BCUT2D eigenvalue weighted by atomic mass is 10.0. The number of hydrogen-bond donors (Lipinski definition) is 0. The third-order valence-electron chi connectivity index (χ3n) is 8.05. The van der Waals surface area contributed by atoms with Crippen LogP contribution in [0.4, 0.5) is 14.5 Å². The van der Waals surface area contributed by atoms with E-state index in [4.69, 9.17) is 9.16 Å². The molecule has 3 aromatic carbocycles. The third-order valence-corrected chi connectivity index (χ3v) is 14.0. The smallest absolute Gasteiger partial charge is 0.261 e. The Kier molecular flexibility index (Phi) is 8.99. The summed E-state index contributed by atoms with van der Waals surface area (Å²) in [6.45, 7) is 12.8. The van der Waals surface area contributed by atoms with Crippen LogP contribution in [0.2, 0.25) is 5.04 Å². The summed E-state index contributed by atoms with van der Waals surface area (Å²) < 4.78 is 45.2. The second-order valence-electron chi connectivity index (χ2n) is 12.3. The van der Waals surface area contributed by atoms with E-state index in [1.165, 1.54) is 11.6 Å². The number of rotatable bonds is 8. The number of aryl methyl sites for hydroxylation is 1. The van der Waals surface area contributed by atoms with E-state index in [9.17, 15) is 4.79 Å². The summed E-state index contributed by atoms with van der Waals surface area (Å²) >= 11 is 1.12. The molecule has 43 heavy (non-hydrogen) atoms. The monoisotopic (exact) mass is 620 g/mol. The molecular formula is C34H38F2N2O3SSi. The molecule has 9 heteroatoms. The topological polar surface area (TPSA) is 51.7 Å². The molecule has 0 radical (unpaired) electrons. The number of carbonyl (C=O) groups excluding carboxylic acids is 1. The number of nitrogens with zero attached hydrogens (tertiary/aromatic N) is 2. The fourth-order valence-electron chi connectivity index (χ4n) is 6.24. The standard InChI is InChI=1S/C34H38F2N2O3SSi/c1-22-18-38(19-23(2)41-22)31-25(17-28(29(35)30(31)36)32(39)33-24(3)37-21-42-33)20-40-43(34(4,5)6,26-13-9-7-10-14-26)27-15-11-8-12-16-27/h7-17,21-23H,18-20H2,1-6H3/t22-,23+. The maximum atomic E-state index is 16.3. The first-order valence-electron chi connectivity index (χ1n) is 14.5. The Morgan fingerprint density at radius 2 is 1.56 bits per heavy atom. The molecule has 1 saturated heterocycles. The molecule has 0 amide bonds. The highest BCUT2D eigenvalue weighted by atomic mass is 32.1. The number of morpholine rings is 1. The van der Waals surface area contributed by atoms with Gasteiger partial charge in [-0.15, -0.1) is 11.3 Å². The van der Waals surface area contributed by atoms with Crippen LogP contribution < -0.4 is 15.3 Å². The van der Waals surface area contributed by atoms with E-state index in [0.717, 1.165) is 21.7 Å². The van der Waals surface area contributed by atoms with Gasteiger partial charge >= 0.3 is 0 Å². The Morgan fingerprint density at radius 1 is 1.00 bits per heavy atom. The maximum absolute atomic E-state index is 16.3. The van der Waals surface area contributed by atoms with E-state index in [0.29, 0.717) is 29.2 Å². The lowest BCUT2D eigenvalue weighted by Crippen LogP contribution is -2.66. The third kappa shape index (κ3) is 5.96. The summed E-state index contributed by atoms with van der Waals surface area (Å²) in [6.07, 6.45) is -0.365. The molecule has 1 aliphatic heterocycles. The van der Waals surface area contributed by atoms with E-state index in [1.54, 1.807) is 6.92 Å². The second-order valence-corrected chi connectivity index (χ2v) is 17.4. The van der Waals surface area contributed by atoms with Crippen LogP contribution in [0.1, 0.15) is 61.1 Å². The summed E-state index contributed by atoms with van der Waals surface area (Å²) in [4.78, 5) is 19.8. The Morgan fingerprint density at radius 3 is 2.05 bits per heavy atom. The van der Waals surface area contributed by atoms with Crippen LogP contribution in [0.5, 0.6) is 0 Å². The van der Waals surface area contributed by atoms with Gasteiger partial charge in [0.15, 0.2) is 11.6 Å². The molecule has 2 heterocycles. The number of ketones is 1. The maximum Gasteiger partial charge on any atom is 0.261 e. The van der Waals surface area contributed by atoms with Gasteiger partial charge in [0.2, 0.25) is 5.78 Å². The van der Waals surface area contributed by atoms with Gasteiger partial charge < -0.3 is 14.1 Å². The number of aromatic nitrogens is 1. The molecular weight excluding hydrogens is 583 g/mol. The van der Waals surface area contributed by atoms with Gasteiger partial charge in [0.05, 0.1) is 46.1 Å². The molecule has 5 nitrogen and oxygen atoms in total. The van der Waals surface area contributed by atoms with Gasteiger partial charge in [-0.25, -0.2) is 13.8 Å². The van der Waals surface area contributed by atoms with E-state index in [2.05, 4.69) is 50.0 Å². The number of benzene rings is 3. The van der Waals surface area contributed by atoms with Crippen LogP contribution in [-0.4, -0.2) is 44.4 Å². The Balaban J connectivity index is 1.68. The predicted octanol–water partition coefficient (Wildman–Crippen LogP) is 6.65. The quantitative estimate of drug-likeness (QED) is 0.163. The zero-order chi connectivity index (χ0) is 30.9. The molecule has 0 N–H and O–H groups in total. The van der Waals surface area contributed by atoms with Crippen LogP contribution in [0.3, 0.4) is 0 Å². The van der Waals surface area contributed by atoms with E-state index < -0.39 is 25.7 Å². The first-order chi connectivity index (χ1) is 20.4. The first kappa shape index (κ1) is 31.2. The predicted molar refractivity (Wildman–Crippen MR) is 171 cm³/mol. The van der Waals surface area contributed by atoms with Crippen LogP contribution in [0.25, 0.3) is 0 Å². The number of ether oxygens (including phenoxy) is 1. The Labute approximate surface area is 257 Å². The first-order valence-corrected chi connectivity index (χ1v) is 17.3. The Bertz CT molecular complexity index is 1540. The highest BCUT2D eigenvalue weighted by Crippen LogP contribution is 2.39. The number of carbonyl (C=O) groups is 1. The van der Waals surface area contributed by atoms with Crippen molar-refractivity contribution in [3.63, 3.8) is 0 Å². The number of hydrogen-bond acceptors (Lipinski definition) is 6. The zero-order valence-electron chi connectivity index (χ0n) is 25.5. The Hall–Kier alpha value is -3.24. The fraction of sp³-hybridized carbons (Fsp3) is 0.353. The van der Waals surface area contributed by atoms with Gasteiger partial charge in [0.1, 0.15) is 0 Å². The summed E-state index contributed by atoms with van der Waals surface area (Å²) in [5.41, 5.74) is 2.26. The fourth-order valence-corrected chi connectivity index (χ4v) is 11.5. The molecule has 0 aliphatic carbocycles. The summed E-state index contributed by atoms with van der Waals surface area (Å²) in [5, 5.41) is 1.82. The molecule has 1 aliphatic rings. The molecule has 0 spiro atoms. The van der Waals surface area contributed by atoms with Gasteiger partial charge in [-0.3, -0.25) is 4.79 Å². The average Bonchev–Trinajstić information content (AvgIpc) is 3.40. The van der Waals surface area contributed by atoms with Crippen molar-refractivity contribution >= 4 is 41.5 Å². The van der Waals surface area contributed by atoms with Crippen LogP contribution in [0.15, 0.2) is 72.2 Å². The van der Waals surface area contributed by atoms with Gasteiger partial charge in [0, 0.05) is 18.7 Å². The van der Waals surface area contributed by atoms with Crippen molar-refractivity contribution in [2.24, 2.45) is 0 Å². The minimum atomic E-state index is -3.02. The van der Waals surface area contributed by atoms with Crippen molar-refractivity contribution in [3.05, 3.63) is 106 Å². The van der Waals surface area contributed by atoms with E-state index in [1.807, 2.05) is 55.1 Å². The summed E-state index contributed by atoms with van der Waals surface area (Å²) in [5.74, 6) is -2.79. The van der Waals surface area contributed by atoms with Gasteiger partial charge in [-0.2, -0.15) is 0 Å². The summed E-state index contributed by atoms with van der Waals surface area (Å²) in [6, 6.07) is 21.8. The van der Waals surface area contributed by atoms with Crippen LogP contribution in [-0.2, 0) is 15.8 Å². The molecule has 5 rings (SSSR count). The highest BCUT2D eigenvalue weighted by molar-refractivity contribution is 7.12. The second kappa shape index (κ2) is 12.4. The molecule has 2 atom stereocenters. The largest absolute Gasteiger partial charge is 0.403 e. The number of halogens is 2. The molecule has 1 fully saturated rings. The highest BCUT2D eigenvalue weighted by Gasteiger charge is 2.50. The van der Waals surface area contributed by atoms with Crippen molar-refractivity contribution in [3.8, 4) is 0 Å². The van der Waals surface area contributed by atoms with Gasteiger partial charge in [0.25, 0.3) is 8.32 Å². The van der Waals surface area contributed by atoms with Crippen molar-refractivity contribution in [2.75, 3.05) is 18.0 Å². The van der Waals surface area contributed by atoms with E-state index in [-0.39, 0.29) is 35.1 Å². The van der Waals surface area contributed by atoms with Crippen molar-refractivity contribution < 1.29 is 22.7 Å². The molecule has 4 aromatic rings. The summed E-state index contributed by atoms with van der Waals surface area (Å²) in [7, 11) is -3.02. The van der Waals surface area contributed by atoms with Crippen LogP contribution in [0, 0.1) is 18.6 Å². The zero-order valence-corrected chi connectivity index (χ0v) is 27.3. The lowest BCUT2D eigenvalue weighted by Gasteiger charge is -2.43. The molecule has 0 saturated carbocycles. The van der Waals surface area contributed by atoms with Gasteiger partial charge in [-0.1, -0.05) is 81.4 Å². The molecule has 0 bridgehead atoms. The van der Waals surface area contributed by atoms with Gasteiger partial charge in [-0.05, 0) is 42.2 Å². The number of anilines is 1. The minimum Gasteiger partial charge on any atom is -0.403 e. The van der Waals surface area contributed by atoms with E-state index >= 15 is 8.78 Å². The average molecular weight is 621 g/mol.